The van der Waals surface area contributed by atoms with E-state index in [2.05, 4.69) is 15.5 Å². The number of aromatic nitrogens is 2. The van der Waals surface area contributed by atoms with Crippen LogP contribution in [-0.4, -0.2) is 29.2 Å². The van der Waals surface area contributed by atoms with Gasteiger partial charge in [0.25, 0.3) is 5.91 Å². The van der Waals surface area contributed by atoms with Crippen molar-refractivity contribution < 1.29 is 4.79 Å². The smallest absolute Gasteiger partial charge is 0.269 e. The summed E-state index contributed by atoms with van der Waals surface area (Å²) in [5.74, 6) is 1.03. The average Bonchev–Trinajstić information content (AvgIpc) is 2.96. The van der Waals surface area contributed by atoms with E-state index in [0.717, 1.165) is 13.1 Å². The number of aromatic amines is 1. The van der Waals surface area contributed by atoms with Gasteiger partial charge in [0, 0.05) is 12.7 Å². The van der Waals surface area contributed by atoms with Gasteiger partial charge in [0.05, 0.1) is 0 Å². The Morgan fingerprint density at radius 3 is 3.06 bits per heavy atom. The minimum absolute atomic E-state index is 0.0832. The topological polar surface area (TPSA) is 83.8 Å². The van der Waals surface area contributed by atoms with E-state index in [1.165, 1.54) is 19.3 Å². The predicted molar refractivity (Wildman–Crippen MR) is 60.8 cm³/mol. The molecule has 1 aromatic heterocycles. The minimum atomic E-state index is -0.0832. The Hall–Kier alpha value is -1.36. The summed E-state index contributed by atoms with van der Waals surface area (Å²) in [6.07, 6.45) is 5.17. The Bertz CT molecular complexity index is 336. The molecule has 2 atom stereocenters. The maximum Gasteiger partial charge on any atom is 0.269 e. The molecule has 5 nitrogen and oxygen atoms in total. The lowest BCUT2D eigenvalue weighted by Crippen LogP contribution is -2.33. The molecule has 1 saturated carbocycles. The lowest BCUT2D eigenvalue weighted by atomic mass is 9.96. The second kappa shape index (κ2) is 5.12. The summed E-state index contributed by atoms with van der Waals surface area (Å²) in [4.78, 5) is 11.6. The second-order valence-corrected chi connectivity index (χ2v) is 4.37. The molecule has 5 heteroatoms. The van der Waals surface area contributed by atoms with E-state index in [-0.39, 0.29) is 5.91 Å². The van der Waals surface area contributed by atoms with Crippen molar-refractivity contribution in [1.82, 2.24) is 15.5 Å². The summed E-state index contributed by atoms with van der Waals surface area (Å²) in [6.45, 7) is 1.45. The summed E-state index contributed by atoms with van der Waals surface area (Å²) in [5.41, 5.74) is 6.21. The van der Waals surface area contributed by atoms with Gasteiger partial charge in [-0.15, -0.1) is 0 Å². The van der Waals surface area contributed by atoms with E-state index in [4.69, 9.17) is 5.73 Å². The third kappa shape index (κ3) is 2.41. The number of amides is 1. The van der Waals surface area contributed by atoms with Crippen molar-refractivity contribution >= 4 is 5.91 Å². The van der Waals surface area contributed by atoms with Crippen LogP contribution in [0.15, 0.2) is 12.3 Å². The lowest BCUT2D eigenvalue weighted by Gasteiger charge is -2.17. The molecule has 0 aliphatic heterocycles. The van der Waals surface area contributed by atoms with E-state index in [9.17, 15) is 4.79 Å². The van der Waals surface area contributed by atoms with Gasteiger partial charge in [-0.2, -0.15) is 5.10 Å². The first-order valence-corrected chi connectivity index (χ1v) is 5.79. The molecule has 0 bridgehead atoms. The quantitative estimate of drug-likeness (QED) is 0.694. The zero-order chi connectivity index (χ0) is 11.4. The zero-order valence-corrected chi connectivity index (χ0v) is 9.28. The fourth-order valence-electron chi connectivity index (χ4n) is 2.39. The molecule has 2 rings (SSSR count). The maximum absolute atomic E-state index is 11.6. The Kier molecular flexibility index (Phi) is 3.56. The van der Waals surface area contributed by atoms with Crippen LogP contribution in [0.25, 0.3) is 0 Å². The number of hydrogen-bond acceptors (Lipinski definition) is 3. The molecule has 0 radical (unpaired) electrons. The highest BCUT2D eigenvalue weighted by Gasteiger charge is 2.26. The second-order valence-electron chi connectivity index (χ2n) is 4.37. The minimum Gasteiger partial charge on any atom is -0.350 e. The normalized spacial score (nSPS) is 24.6. The van der Waals surface area contributed by atoms with Crippen LogP contribution in [0.1, 0.15) is 29.8 Å². The van der Waals surface area contributed by atoms with Crippen molar-refractivity contribution in [2.75, 3.05) is 13.1 Å². The Morgan fingerprint density at radius 1 is 1.56 bits per heavy atom. The molecule has 0 spiro atoms. The molecule has 1 amide bonds. The van der Waals surface area contributed by atoms with Crippen LogP contribution in [0.2, 0.25) is 0 Å². The summed E-state index contributed by atoms with van der Waals surface area (Å²) in [5, 5.41) is 9.32. The summed E-state index contributed by atoms with van der Waals surface area (Å²) < 4.78 is 0. The van der Waals surface area contributed by atoms with Gasteiger partial charge in [0.1, 0.15) is 5.69 Å². The van der Waals surface area contributed by atoms with Gasteiger partial charge in [-0.1, -0.05) is 6.42 Å². The number of H-pyrrole nitrogens is 1. The number of hydrogen-bond donors (Lipinski definition) is 3. The highest BCUT2D eigenvalue weighted by molar-refractivity contribution is 5.92. The van der Waals surface area contributed by atoms with E-state index in [1.54, 1.807) is 12.3 Å². The van der Waals surface area contributed by atoms with Gasteiger partial charge in [-0.3, -0.25) is 9.89 Å². The fourth-order valence-corrected chi connectivity index (χ4v) is 2.39. The SMILES string of the molecule is NCC1CCCC1CNC(=O)c1ccn[nH]1. The number of carbonyl (C=O) groups excluding carboxylic acids is 1. The van der Waals surface area contributed by atoms with Crippen LogP contribution < -0.4 is 11.1 Å². The summed E-state index contributed by atoms with van der Waals surface area (Å²) in [7, 11) is 0. The summed E-state index contributed by atoms with van der Waals surface area (Å²) in [6, 6.07) is 1.67. The molecule has 4 N–H and O–H groups in total. The molecule has 2 unspecified atom stereocenters. The van der Waals surface area contributed by atoms with E-state index >= 15 is 0 Å². The number of carbonyl (C=O) groups is 1. The van der Waals surface area contributed by atoms with Crippen LogP contribution in [0.5, 0.6) is 0 Å². The predicted octanol–water partition coefficient (Wildman–Crippen LogP) is 0.514. The van der Waals surface area contributed by atoms with Crippen LogP contribution in [-0.2, 0) is 0 Å². The summed E-state index contributed by atoms with van der Waals surface area (Å²) >= 11 is 0. The zero-order valence-electron chi connectivity index (χ0n) is 9.28. The van der Waals surface area contributed by atoms with E-state index in [0.29, 0.717) is 17.5 Å². The molecule has 1 fully saturated rings. The number of nitrogens with one attached hydrogen (secondary N) is 2. The van der Waals surface area contributed by atoms with E-state index < -0.39 is 0 Å². The van der Waals surface area contributed by atoms with Crippen molar-refractivity contribution in [3.63, 3.8) is 0 Å². The molecule has 88 valence electrons. The molecular weight excluding hydrogens is 204 g/mol. The largest absolute Gasteiger partial charge is 0.350 e. The van der Waals surface area contributed by atoms with Crippen LogP contribution in [0.4, 0.5) is 0 Å². The standard InChI is InChI=1S/C11H18N4O/c12-6-8-2-1-3-9(8)7-13-11(16)10-4-5-14-15-10/h4-5,8-9H,1-3,6-7,12H2,(H,13,16)(H,14,15). The van der Waals surface area contributed by atoms with Gasteiger partial charge >= 0.3 is 0 Å². The molecule has 16 heavy (non-hydrogen) atoms. The van der Waals surface area contributed by atoms with Crippen molar-refractivity contribution in [1.29, 1.82) is 0 Å². The molecule has 1 aromatic rings. The van der Waals surface area contributed by atoms with Crippen molar-refractivity contribution in [3.05, 3.63) is 18.0 Å². The average molecular weight is 222 g/mol. The Labute approximate surface area is 94.8 Å². The molecular formula is C11H18N4O. The molecule has 1 aliphatic carbocycles. The van der Waals surface area contributed by atoms with Crippen LogP contribution in [0, 0.1) is 11.8 Å². The Morgan fingerprint density at radius 2 is 2.38 bits per heavy atom. The maximum atomic E-state index is 11.6. The van der Waals surface area contributed by atoms with Gasteiger partial charge in [0.15, 0.2) is 0 Å². The first-order valence-electron chi connectivity index (χ1n) is 5.79. The highest BCUT2D eigenvalue weighted by Crippen LogP contribution is 2.30. The number of rotatable bonds is 4. The van der Waals surface area contributed by atoms with Gasteiger partial charge in [-0.25, -0.2) is 0 Å². The van der Waals surface area contributed by atoms with Crippen molar-refractivity contribution in [2.45, 2.75) is 19.3 Å². The molecule has 0 aromatic carbocycles. The number of nitrogens with zero attached hydrogens (tertiary/aromatic N) is 1. The third-order valence-electron chi connectivity index (χ3n) is 3.39. The lowest BCUT2D eigenvalue weighted by molar-refractivity contribution is 0.0939. The Balaban J connectivity index is 1.81. The number of nitrogens with two attached hydrogens (primary N) is 1. The molecule has 0 saturated heterocycles. The monoisotopic (exact) mass is 222 g/mol. The molecule has 1 aliphatic rings. The van der Waals surface area contributed by atoms with E-state index in [1.807, 2.05) is 0 Å². The van der Waals surface area contributed by atoms with Gasteiger partial charge < -0.3 is 11.1 Å². The first kappa shape index (κ1) is 11.1. The van der Waals surface area contributed by atoms with Crippen molar-refractivity contribution in [3.8, 4) is 0 Å². The van der Waals surface area contributed by atoms with Gasteiger partial charge in [0.2, 0.25) is 0 Å². The van der Waals surface area contributed by atoms with Crippen LogP contribution >= 0.6 is 0 Å². The highest BCUT2D eigenvalue weighted by atomic mass is 16.1. The van der Waals surface area contributed by atoms with Crippen molar-refractivity contribution in [2.24, 2.45) is 17.6 Å². The molecule has 1 heterocycles. The third-order valence-corrected chi connectivity index (χ3v) is 3.39. The van der Waals surface area contributed by atoms with Gasteiger partial charge in [-0.05, 0) is 37.3 Å². The fraction of sp³-hybridized carbons (Fsp3) is 0.636. The first-order chi connectivity index (χ1) is 7.81. The van der Waals surface area contributed by atoms with Crippen LogP contribution in [0.3, 0.4) is 0 Å².